The van der Waals surface area contributed by atoms with Gasteiger partial charge in [0.25, 0.3) is 0 Å². The first-order valence-corrected chi connectivity index (χ1v) is 17.6. The normalized spacial score (nSPS) is 11.3. The Hall–Kier alpha value is -4.50. The molecule has 7 rings (SSSR count). The molecule has 5 nitrogen and oxygen atoms in total. The van der Waals surface area contributed by atoms with Crippen molar-refractivity contribution in [1.29, 1.82) is 0 Å². The van der Waals surface area contributed by atoms with Crippen molar-refractivity contribution < 1.29 is 25.2 Å². The van der Waals surface area contributed by atoms with Crippen LogP contribution in [0.1, 0.15) is 72.8 Å². The van der Waals surface area contributed by atoms with Crippen LogP contribution >= 0.6 is 0 Å². The van der Waals surface area contributed by atoms with Gasteiger partial charge in [-0.1, -0.05) is 81.4 Å². The van der Waals surface area contributed by atoms with Gasteiger partial charge in [0.05, 0.1) is 5.69 Å². The van der Waals surface area contributed by atoms with Gasteiger partial charge in [-0.3, -0.25) is 4.68 Å². The Labute approximate surface area is 310 Å². The molecule has 0 atom stereocenters. The van der Waals surface area contributed by atoms with E-state index in [1.54, 1.807) is 0 Å². The van der Waals surface area contributed by atoms with E-state index in [4.69, 9.17) is 14.8 Å². The van der Waals surface area contributed by atoms with Crippen LogP contribution in [0.15, 0.2) is 79.0 Å². The van der Waals surface area contributed by atoms with E-state index in [-0.39, 0.29) is 20.4 Å². The Morgan fingerprint density at radius 3 is 2.24 bits per heavy atom. The maximum atomic E-state index is 6.67. The van der Waals surface area contributed by atoms with Crippen molar-refractivity contribution in [3.05, 3.63) is 130 Å². The van der Waals surface area contributed by atoms with Crippen LogP contribution in [0.3, 0.4) is 0 Å². The largest absolute Gasteiger partial charge is 2.00 e. The van der Waals surface area contributed by atoms with E-state index in [0.717, 1.165) is 76.7 Å². The van der Waals surface area contributed by atoms with Gasteiger partial charge in [-0.15, -0.1) is 35.7 Å². The number of aromatic nitrogens is 4. The molecule has 0 aliphatic carbocycles. The smallest absolute Gasteiger partial charge is 0.509 e. The van der Waals surface area contributed by atoms with Crippen molar-refractivity contribution in [2.24, 2.45) is 0 Å². The third-order valence-corrected chi connectivity index (χ3v) is 9.49. The minimum atomic E-state index is 0. The monoisotopic (exact) mass is 750 g/mol. The number of ether oxygens (including phenoxy) is 1. The minimum absolute atomic E-state index is 0. The molecular formula is C44H44N4OPd. The average Bonchev–Trinajstić information content (AvgIpc) is 3.62. The Morgan fingerprint density at radius 2 is 1.52 bits per heavy atom. The fraction of sp³-hybridized carbons (Fsp3) is 0.273. The maximum absolute atomic E-state index is 6.67. The SMILES string of the molecule is CCCCc1cc(Oc2[c-]c3c(cc2)c2ccccc2n3-c2cc(C)ccn2)[c-]c(-n2nc(CC)c(-c3c(C)cc(C)cc3C)c2CC)c1.[Pd+2]. The molecule has 0 fully saturated rings. The fourth-order valence-corrected chi connectivity index (χ4v) is 7.35. The first kappa shape index (κ1) is 35.3. The third kappa shape index (κ3) is 6.55. The number of aryl methyl sites for hydroxylation is 6. The topological polar surface area (TPSA) is 44.9 Å². The Morgan fingerprint density at radius 1 is 0.740 bits per heavy atom. The van der Waals surface area contributed by atoms with Gasteiger partial charge in [0.2, 0.25) is 0 Å². The summed E-state index contributed by atoms with van der Waals surface area (Å²) < 4.78 is 11.0. The van der Waals surface area contributed by atoms with Crippen molar-refractivity contribution >= 4 is 21.8 Å². The maximum Gasteiger partial charge on any atom is 2.00 e. The molecule has 0 amide bonds. The molecule has 256 valence electrons. The van der Waals surface area contributed by atoms with E-state index in [1.165, 1.54) is 39.1 Å². The minimum Gasteiger partial charge on any atom is -0.509 e. The quantitative estimate of drug-likeness (QED) is 0.103. The number of pyridine rings is 1. The van der Waals surface area contributed by atoms with Crippen LogP contribution in [0.25, 0.3) is 44.4 Å². The van der Waals surface area contributed by atoms with E-state index in [9.17, 15) is 0 Å². The second-order valence-electron chi connectivity index (χ2n) is 13.2. The van der Waals surface area contributed by atoms with Crippen molar-refractivity contribution in [2.45, 2.75) is 80.6 Å². The Balaban J connectivity index is 0.00000432. The van der Waals surface area contributed by atoms with Crippen molar-refractivity contribution in [3.63, 3.8) is 0 Å². The number of unbranched alkanes of at least 4 members (excludes halogenated alkanes) is 1. The van der Waals surface area contributed by atoms with Crippen LogP contribution in [-0.4, -0.2) is 19.3 Å². The molecule has 0 saturated carbocycles. The first-order chi connectivity index (χ1) is 23.8. The molecule has 3 aromatic heterocycles. The predicted molar refractivity (Wildman–Crippen MR) is 202 cm³/mol. The van der Waals surface area contributed by atoms with Gasteiger partial charge in [0.15, 0.2) is 0 Å². The molecule has 6 heteroatoms. The summed E-state index contributed by atoms with van der Waals surface area (Å²) in [4.78, 5) is 4.74. The molecule has 50 heavy (non-hydrogen) atoms. The number of nitrogens with zero attached hydrogens (tertiary/aromatic N) is 4. The summed E-state index contributed by atoms with van der Waals surface area (Å²) in [5.41, 5.74) is 14.0. The van der Waals surface area contributed by atoms with Gasteiger partial charge >= 0.3 is 20.4 Å². The van der Waals surface area contributed by atoms with E-state index < -0.39 is 0 Å². The first-order valence-electron chi connectivity index (χ1n) is 17.6. The second-order valence-corrected chi connectivity index (χ2v) is 13.2. The van der Waals surface area contributed by atoms with Crippen molar-refractivity contribution in [1.82, 2.24) is 19.3 Å². The molecule has 0 N–H and O–H groups in total. The molecule has 7 aromatic rings. The van der Waals surface area contributed by atoms with Crippen molar-refractivity contribution in [3.8, 4) is 34.1 Å². The summed E-state index contributed by atoms with van der Waals surface area (Å²) in [6.45, 7) is 15.3. The van der Waals surface area contributed by atoms with Gasteiger partial charge < -0.3 is 9.30 Å². The number of rotatable bonds is 10. The number of para-hydroxylation sites is 1. The molecule has 0 bridgehead atoms. The third-order valence-electron chi connectivity index (χ3n) is 9.49. The average molecular weight is 751 g/mol. The molecule has 0 spiro atoms. The number of hydrogen-bond donors (Lipinski definition) is 0. The zero-order chi connectivity index (χ0) is 34.2. The zero-order valence-corrected chi connectivity index (χ0v) is 31.6. The second kappa shape index (κ2) is 14.8. The van der Waals surface area contributed by atoms with Crippen LogP contribution in [0, 0.1) is 39.8 Å². The van der Waals surface area contributed by atoms with E-state index >= 15 is 0 Å². The number of benzene rings is 4. The Kier molecular flexibility index (Phi) is 10.4. The van der Waals surface area contributed by atoms with Crippen LogP contribution in [0.2, 0.25) is 0 Å². The number of fused-ring (bicyclic) bond motifs is 3. The molecule has 0 saturated heterocycles. The molecule has 0 aliphatic heterocycles. The molecule has 0 unspecified atom stereocenters. The molecular weight excluding hydrogens is 707 g/mol. The van der Waals surface area contributed by atoms with E-state index in [1.807, 2.05) is 18.3 Å². The van der Waals surface area contributed by atoms with Crippen LogP contribution in [0.4, 0.5) is 0 Å². The zero-order valence-electron chi connectivity index (χ0n) is 30.1. The predicted octanol–water partition coefficient (Wildman–Crippen LogP) is 11.1. The van der Waals surface area contributed by atoms with Gasteiger partial charge in [0, 0.05) is 34.5 Å². The van der Waals surface area contributed by atoms with Gasteiger partial charge in [0.1, 0.15) is 5.82 Å². The molecule has 3 heterocycles. The summed E-state index contributed by atoms with van der Waals surface area (Å²) in [6, 6.07) is 32.9. The molecule has 0 aliphatic rings. The summed E-state index contributed by atoms with van der Waals surface area (Å²) in [7, 11) is 0. The molecule has 4 aromatic carbocycles. The van der Waals surface area contributed by atoms with Crippen LogP contribution in [-0.2, 0) is 39.7 Å². The van der Waals surface area contributed by atoms with Gasteiger partial charge in [-0.05, 0) is 92.1 Å². The van der Waals surface area contributed by atoms with Gasteiger partial charge in [-0.25, -0.2) is 4.98 Å². The summed E-state index contributed by atoms with van der Waals surface area (Å²) >= 11 is 0. The standard InChI is InChI=1S/C44H44N4O.Pd/c1-8-11-14-32-24-33(48-39(10-3)44(38(9-2)46-48)43-30(6)21-29(5)22-31(43)7)26-35(25-32)49-34-17-18-37-36-15-12-13-16-40(36)47(41(37)27-34)42-23-28(4)19-20-45-42;/h12-13,15-25H,8-11,14H2,1-7H3;/q-2;+2. The van der Waals surface area contributed by atoms with Crippen LogP contribution in [0.5, 0.6) is 11.5 Å². The summed E-state index contributed by atoms with van der Waals surface area (Å²) in [5.74, 6) is 2.16. The van der Waals surface area contributed by atoms with Gasteiger partial charge in [-0.2, -0.15) is 16.7 Å². The summed E-state index contributed by atoms with van der Waals surface area (Å²) in [6.07, 6.45) is 6.72. The van der Waals surface area contributed by atoms with Crippen LogP contribution < -0.4 is 4.74 Å². The van der Waals surface area contributed by atoms with E-state index in [2.05, 4.69) is 131 Å². The summed E-state index contributed by atoms with van der Waals surface area (Å²) in [5, 5.41) is 7.52. The van der Waals surface area contributed by atoms with E-state index in [0.29, 0.717) is 11.5 Å². The molecule has 0 radical (unpaired) electrons. The number of hydrogen-bond acceptors (Lipinski definition) is 3. The Bertz CT molecular complexity index is 2310. The van der Waals surface area contributed by atoms with Crippen molar-refractivity contribution in [2.75, 3.05) is 0 Å². The fourth-order valence-electron chi connectivity index (χ4n) is 7.35.